The number of carbonyl (C=O) groups excluding carboxylic acids is 2. The smallest absolute Gasteiger partial charge is 0.0134 e. The molecule has 9 nitrogen and oxygen atoms in total. The summed E-state index contributed by atoms with van der Waals surface area (Å²) in [6, 6.07) is 166. The van der Waals surface area contributed by atoms with Crippen molar-refractivity contribution in [3.05, 3.63) is 546 Å². The number of hydrogen-bond donors (Lipinski definition) is 2. The Labute approximate surface area is 916 Å². The first-order valence-electron chi connectivity index (χ1n) is 47.8. The van der Waals surface area contributed by atoms with Gasteiger partial charge in [0.1, 0.15) is 5.75 Å². The van der Waals surface area contributed by atoms with Gasteiger partial charge in [-0.2, -0.15) is 39.8 Å². The van der Waals surface area contributed by atoms with Crippen molar-refractivity contribution in [3.63, 3.8) is 0 Å². The number of benzene rings is 16. The van der Waals surface area contributed by atoms with Gasteiger partial charge in [0.2, 0.25) is 11.8 Å². The molecular formula is C123H104BrCl4F3N4O5P4PdSZn. The van der Waals surface area contributed by atoms with E-state index in [2.05, 4.69) is 433 Å². The minimum Gasteiger partial charge on any atom is -0.394 e. The molecule has 8 atom stereocenters. The Morgan fingerprint density at radius 3 is 0.830 bits per heavy atom. The van der Waals surface area contributed by atoms with Crippen molar-refractivity contribution in [1.29, 1.82) is 0 Å². The SMILES string of the molecule is O=C1NC[C@H]2[C@@H](c3ccc(Cl)cc3)[C@H](c3ccc(-c4ccccn4)cc3Cl)CC[C@@H]12.O=C1NC[C@H]2[C@@H](c3ccc(Cl)cc3)[C@H](c3ccc(OS(=O)(=O)C(F)(F)F)cc3Cl)CC[C@@H]12.[Pd].[Zn+][Br].[c-]1ccccn1.c1ccc(P(c2ccccc2)c2ccccc2)cc1.c1ccc(P(c2ccccc2)c2ccccc2)cc1.c1ccc(P(c2ccccc2)c2ccccc2)cc1.c1ccc(P(c2ccccc2)c2ccccc2)cc1. The number of halogens is 8. The van der Waals surface area contributed by atoms with Crippen LogP contribution in [-0.4, -0.2) is 48.8 Å². The number of nitrogens with one attached hydrogen (secondary N) is 2. The third kappa shape index (κ3) is 30.7. The van der Waals surface area contributed by atoms with Crippen molar-refractivity contribution in [3.8, 4) is 17.0 Å². The zero-order chi connectivity index (χ0) is 102. The predicted molar refractivity (Wildman–Crippen MR) is 607 cm³/mol. The van der Waals surface area contributed by atoms with Crippen LogP contribution in [0.2, 0.25) is 20.1 Å². The molecule has 4 fully saturated rings. The number of alkyl halides is 3. The molecule has 24 heteroatoms. The fourth-order valence-corrected chi connectivity index (χ4v) is 29.6. The van der Waals surface area contributed by atoms with Gasteiger partial charge in [0.15, 0.2) is 0 Å². The van der Waals surface area contributed by atoms with E-state index in [-0.39, 0.29) is 84.6 Å². The van der Waals surface area contributed by atoms with Crippen LogP contribution < -0.4 is 78.5 Å². The number of nitrogens with zero attached hydrogens (tertiary/aromatic N) is 2. The van der Waals surface area contributed by atoms with Crippen molar-refractivity contribution < 1.29 is 72.1 Å². The van der Waals surface area contributed by atoms with E-state index in [0.29, 0.717) is 30.0 Å². The van der Waals surface area contributed by atoms with E-state index in [0.717, 1.165) is 63.9 Å². The first-order valence-corrected chi connectivity index (χ1v) is 63.1. The van der Waals surface area contributed by atoms with Gasteiger partial charge in [0, 0.05) is 83.3 Å². The van der Waals surface area contributed by atoms with Crippen LogP contribution in [0.15, 0.2) is 498 Å². The Hall–Kier alpha value is -11.1. The molecule has 18 aromatic rings. The average molecular weight is 2320 g/mol. The molecule has 147 heavy (non-hydrogen) atoms. The molecule has 0 bridgehead atoms. The molecule has 0 radical (unpaired) electrons. The predicted octanol–water partition coefficient (Wildman–Crippen LogP) is 26.8. The van der Waals surface area contributed by atoms with Gasteiger partial charge in [-0.05, 0) is 227 Å². The summed E-state index contributed by atoms with van der Waals surface area (Å²) in [6.07, 6.45) is 9.22. The van der Waals surface area contributed by atoms with Crippen LogP contribution in [0.3, 0.4) is 0 Å². The summed E-state index contributed by atoms with van der Waals surface area (Å²) in [5.41, 5.74) is 0.378. The van der Waals surface area contributed by atoms with Crippen molar-refractivity contribution >= 4 is 177 Å². The Morgan fingerprint density at radius 1 is 0.333 bits per heavy atom. The van der Waals surface area contributed by atoms with Crippen LogP contribution in [0.4, 0.5) is 13.2 Å². The fraction of sp³-hybridized carbons (Fsp3) is 0.122. The van der Waals surface area contributed by atoms with Crippen LogP contribution in [0.5, 0.6) is 5.75 Å². The summed E-state index contributed by atoms with van der Waals surface area (Å²) >= 11 is 29.7. The molecular weight excluding hydrogens is 2220 g/mol. The van der Waals surface area contributed by atoms with Gasteiger partial charge in [-0.15, -0.1) is 0 Å². The van der Waals surface area contributed by atoms with E-state index in [4.69, 9.17) is 46.4 Å². The molecule has 0 spiro atoms. The number of rotatable bonds is 19. The standard InChI is InChI=1S/C25H22Cl2N2O.C21H18Cl2F3NO4S.4C18H15P.C5H4N.BrH.Pd.Zn/c26-17-7-4-15(5-8-17)24-19(10-11-20-21(24)14-29-25(20)30)18-9-6-16(13-22(18)27)23-3-1-2-12-28-23;22-12-3-1-11(2-4-12)19-15(7-8-16-17(19)10-27-20(16)28)14-6-5-13(9-18(14)23)31-32(29,30)21(24,25)26;4*1-4-10-16(11-5-1)19(17-12-6-2-7-13-17)18-14-8-3-9-15-18;1-2-4-6-5-3-1;;;/h1-9,12-13,19-21,24H,10-11,14H2,(H,29,30);1-6,9,15-17,19H,7-8,10H2,(H,27,28);4*1-15H;1-4H;1H;;/q;;;;;;-1;;;+2/p-1/t19-,20+,21+,24-;15-,16+,17+,19-;;;;;;;;/m00......../s1. The zero-order valence-electron chi connectivity index (χ0n) is 79.9. The largest absolute Gasteiger partial charge is 0.394 e. The fourth-order valence-electron chi connectivity index (χ4n) is 19.1. The topological polar surface area (TPSA) is 127 Å². The maximum atomic E-state index is 12.6. The second-order valence-electron chi connectivity index (χ2n) is 34.5. The Balaban J connectivity index is 0.000000139. The van der Waals surface area contributed by atoms with Gasteiger partial charge < -0.3 is 19.8 Å². The number of pyridine rings is 2. The van der Waals surface area contributed by atoms with Crippen molar-refractivity contribution in [2.75, 3.05) is 13.1 Å². The maximum absolute atomic E-state index is 12.6. The molecule has 2 aliphatic carbocycles. The number of aromatic nitrogens is 2. The summed E-state index contributed by atoms with van der Waals surface area (Å²) in [5, 5.41) is 24.9. The molecule has 740 valence electrons. The van der Waals surface area contributed by atoms with Crippen LogP contribution in [0.1, 0.15) is 71.6 Å². The van der Waals surface area contributed by atoms with E-state index in [1.807, 2.05) is 60.7 Å². The number of fused-ring (bicyclic) bond motifs is 2. The van der Waals surface area contributed by atoms with E-state index in [1.165, 1.54) is 91.6 Å². The van der Waals surface area contributed by atoms with E-state index < -0.39 is 53.1 Å². The molecule has 2 N–H and O–H groups in total. The van der Waals surface area contributed by atoms with E-state index in [1.54, 1.807) is 30.6 Å². The summed E-state index contributed by atoms with van der Waals surface area (Å²) in [5.74, 6) is 0.157. The molecule has 4 heterocycles. The molecule has 0 unspecified atom stereocenters. The van der Waals surface area contributed by atoms with Gasteiger partial charge in [-0.3, -0.25) is 14.6 Å². The summed E-state index contributed by atoms with van der Waals surface area (Å²) in [6.45, 7) is 1.23. The second kappa shape index (κ2) is 57.1. The summed E-state index contributed by atoms with van der Waals surface area (Å²) < 4.78 is 64.7. The quantitative estimate of drug-likeness (QED) is 0.0271. The molecule has 16 aromatic carbocycles. The molecule has 2 aliphatic heterocycles. The number of hydrogen-bond acceptors (Lipinski definition) is 7. The Morgan fingerprint density at radius 2 is 0.599 bits per heavy atom. The van der Waals surface area contributed by atoms with Gasteiger partial charge in [-0.25, -0.2) is 0 Å². The van der Waals surface area contributed by atoms with Gasteiger partial charge in [0.25, 0.3) is 0 Å². The van der Waals surface area contributed by atoms with Crippen molar-refractivity contribution in [1.82, 2.24) is 20.6 Å². The number of carbonyl (C=O) groups is 2. The minimum atomic E-state index is -5.80. The molecule has 2 saturated heterocycles. The molecule has 22 rings (SSSR count). The minimum absolute atomic E-state index is 0. The zero-order valence-corrected chi connectivity index (χ0v) is 93.4. The van der Waals surface area contributed by atoms with Crippen LogP contribution in [-0.2, 0) is 56.5 Å². The van der Waals surface area contributed by atoms with Gasteiger partial charge in [-0.1, -0.05) is 471 Å². The van der Waals surface area contributed by atoms with Crippen molar-refractivity contribution in [2.45, 2.75) is 54.9 Å². The van der Waals surface area contributed by atoms with Gasteiger partial charge >= 0.3 is 45.6 Å². The summed E-state index contributed by atoms with van der Waals surface area (Å²) in [7, 11) is -7.58. The normalized spacial score (nSPS) is 16.7. The Kier molecular flexibility index (Phi) is 43.3. The average Bonchev–Trinajstić information content (AvgIpc) is 1.70. The Bertz CT molecular complexity index is 6280. The van der Waals surface area contributed by atoms with Crippen LogP contribution in [0, 0.1) is 29.9 Å². The van der Waals surface area contributed by atoms with E-state index >= 15 is 0 Å². The van der Waals surface area contributed by atoms with Crippen molar-refractivity contribution in [2.24, 2.45) is 23.7 Å². The molecule has 2 aromatic heterocycles. The van der Waals surface area contributed by atoms with Gasteiger partial charge in [0.05, 0.1) is 5.69 Å². The van der Waals surface area contributed by atoms with Crippen LogP contribution >= 0.6 is 91.7 Å². The third-order valence-electron chi connectivity index (χ3n) is 25.5. The molecule has 2 saturated carbocycles. The summed E-state index contributed by atoms with van der Waals surface area (Å²) in [4.78, 5) is 32.8. The molecule has 4 aliphatic rings. The maximum Gasteiger partial charge on any atom is -0.0134 e. The first-order chi connectivity index (χ1) is 71.4. The monoisotopic (exact) mass is 2320 g/mol. The third-order valence-corrected chi connectivity index (χ3v) is 37.4. The number of amides is 2. The van der Waals surface area contributed by atoms with E-state index in [9.17, 15) is 31.2 Å². The first kappa shape index (κ1) is 112. The molecule has 2 amide bonds. The second-order valence-corrected chi connectivity index (χ2v) is 46.6. The van der Waals surface area contributed by atoms with Crippen LogP contribution in [0.25, 0.3) is 11.3 Å².